The number of hydrogen-bond acceptors (Lipinski definition) is 5. The fraction of sp³-hybridized carbons (Fsp3) is 0.316. The van der Waals surface area contributed by atoms with Crippen LogP contribution in [-0.4, -0.2) is 46.4 Å². The lowest BCUT2D eigenvalue weighted by molar-refractivity contribution is -0.120. The van der Waals surface area contributed by atoms with Gasteiger partial charge in [-0.05, 0) is 42.8 Å². The van der Waals surface area contributed by atoms with E-state index in [1.165, 1.54) is 0 Å². The monoisotopic (exact) mass is 424 g/mol. The van der Waals surface area contributed by atoms with Crippen molar-refractivity contribution in [3.05, 3.63) is 53.1 Å². The lowest BCUT2D eigenvalue weighted by Crippen LogP contribution is -2.45. The van der Waals surface area contributed by atoms with E-state index in [2.05, 4.69) is 5.32 Å². The third-order valence-corrected chi connectivity index (χ3v) is 5.57. The normalized spacial score (nSPS) is 15.8. The number of nitrogens with one attached hydrogen (secondary N) is 1. The Bertz CT molecular complexity index is 980. The summed E-state index contributed by atoms with van der Waals surface area (Å²) in [5.41, 5.74) is 1.07. The smallest absolute Gasteiger partial charge is 0.240 e. The van der Waals surface area contributed by atoms with E-state index in [9.17, 15) is 13.2 Å². The summed E-state index contributed by atoms with van der Waals surface area (Å²) in [5, 5.41) is 3.20. The van der Waals surface area contributed by atoms with Gasteiger partial charge in [-0.1, -0.05) is 23.7 Å². The molecular weight excluding hydrogens is 404 g/mol. The highest BCUT2D eigenvalue weighted by molar-refractivity contribution is 7.92. The number of ether oxygens (including phenoxy) is 2. The van der Waals surface area contributed by atoms with Crippen LogP contribution in [0, 0.1) is 6.92 Å². The lowest BCUT2D eigenvalue weighted by Gasteiger charge is -2.27. The van der Waals surface area contributed by atoms with Gasteiger partial charge in [-0.15, -0.1) is 0 Å². The molecule has 1 amide bonds. The van der Waals surface area contributed by atoms with Crippen LogP contribution in [0.25, 0.3) is 0 Å². The third-order valence-electron chi connectivity index (χ3n) is 4.21. The summed E-state index contributed by atoms with van der Waals surface area (Å²) in [5.74, 6) is 0.830. The predicted molar refractivity (Wildman–Crippen MR) is 108 cm³/mol. The Hall–Kier alpha value is -2.45. The minimum Gasteiger partial charge on any atom is -0.486 e. The zero-order valence-electron chi connectivity index (χ0n) is 15.5. The quantitative estimate of drug-likeness (QED) is 0.769. The first-order chi connectivity index (χ1) is 13.2. The molecule has 28 heavy (non-hydrogen) atoms. The SMILES string of the molecule is Cc1cc(Cl)ccc1N(CC(=O)NC[C@@H]1COc2ccccc2O1)S(C)(=O)=O. The molecule has 0 bridgehead atoms. The first-order valence-electron chi connectivity index (χ1n) is 8.63. The number of para-hydroxylation sites is 2. The fourth-order valence-electron chi connectivity index (χ4n) is 2.86. The van der Waals surface area contributed by atoms with Gasteiger partial charge >= 0.3 is 0 Å². The topological polar surface area (TPSA) is 84.9 Å². The highest BCUT2D eigenvalue weighted by atomic mass is 35.5. The van der Waals surface area contributed by atoms with Crippen molar-refractivity contribution in [3.63, 3.8) is 0 Å². The van der Waals surface area contributed by atoms with E-state index in [1.807, 2.05) is 18.2 Å². The van der Waals surface area contributed by atoms with Crippen molar-refractivity contribution in [3.8, 4) is 11.5 Å². The summed E-state index contributed by atoms with van der Waals surface area (Å²) in [6.07, 6.45) is 0.700. The van der Waals surface area contributed by atoms with Crippen LogP contribution in [-0.2, 0) is 14.8 Å². The largest absolute Gasteiger partial charge is 0.486 e. The van der Waals surface area contributed by atoms with E-state index < -0.39 is 15.9 Å². The maximum Gasteiger partial charge on any atom is 0.240 e. The first-order valence-corrected chi connectivity index (χ1v) is 10.9. The molecule has 7 nitrogen and oxygen atoms in total. The molecule has 1 aliphatic heterocycles. The van der Waals surface area contributed by atoms with Crippen LogP contribution >= 0.6 is 11.6 Å². The van der Waals surface area contributed by atoms with Crippen LogP contribution < -0.4 is 19.1 Å². The van der Waals surface area contributed by atoms with E-state index in [0.29, 0.717) is 34.4 Å². The van der Waals surface area contributed by atoms with Gasteiger partial charge in [0.25, 0.3) is 0 Å². The van der Waals surface area contributed by atoms with Crippen molar-refractivity contribution in [2.45, 2.75) is 13.0 Å². The molecule has 0 unspecified atom stereocenters. The molecule has 0 aromatic heterocycles. The van der Waals surface area contributed by atoms with Crippen molar-refractivity contribution in [2.75, 3.05) is 30.3 Å². The second-order valence-corrected chi connectivity index (χ2v) is 8.85. The highest BCUT2D eigenvalue weighted by Crippen LogP contribution is 2.30. The Kier molecular flexibility index (Phi) is 6.00. The summed E-state index contributed by atoms with van der Waals surface area (Å²) >= 11 is 5.94. The summed E-state index contributed by atoms with van der Waals surface area (Å²) in [4.78, 5) is 12.4. The zero-order valence-corrected chi connectivity index (χ0v) is 17.1. The summed E-state index contributed by atoms with van der Waals surface area (Å²) in [6.45, 7) is 1.89. The number of benzene rings is 2. The molecular formula is C19H21ClN2O5S. The maximum absolute atomic E-state index is 12.4. The number of carbonyl (C=O) groups excluding carboxylic acids is 1. The van der Waals surface area contributed by atoms with Crippen LogP contribution in [0.4, 0.5) is 5.69 Å². The molecule has 0 saturated heterocycles. The molecule has 1 atom stereocenters. The Morgan fingerprint density at radius 3 is 2.64 bits per heavy atom. The Morgan fingerprint density at radius 1 is 1.25 bits per heavy atom. The Labute approximate surface area is 169 Å². The van der Waals surface area contributed by atoms with E-state index in [-0.39, 0.29) is 19.2 Å². The first kappa shape index (κ1) is 20.3. The summed E-state index contributed by atoms with van der Waals surface area (Å²) < 4.78 is 36.9. The number of aryl methyl sites for hydroxylation is 1. The van der Waals surface area contributed by atoms with Crippen molar-refractivity contribution >= 4 is 33.2 Å². The number of amides is 1. The molecule has 0 fully saturated rings. The molecule has 2 aromatic carbocycles. The minimum atomic E-state index is -3.66. The van der Waals surface area contributed by atoms with Gasteiger partial charge in [0.1, 0.15) is 19.3 Å². The number of carbonyl (C=O) groups is 1. The van der Waals surface area contributed by atoms with Crippen LogP contribution in [0.15, 0.2) is 42.5 Å². The number of halogens is 1. The van der Waals surface area contributed by atoms with E-state index >= 15 is 0 Å². The summed E-state index contributed by atoms with van der Waals surface area (Å²) in [7, 11) is -3.66. The van der Waals surface area contributed by atoms with Gasteiger partial charge in [0.15, 0.2) is 11.5 Å². The number of hydrogen-bond donors (Lipinski definition) is 1. The van der Waals surface area contributed by atoms with Gasteiger partial charge in [-0.2, -0.15) is 0 Å². The van der Waals surface area contributed by atoms with Crippen LogP contribution in [0.2, 0.25) is 5.02 Å². The van der Waals surface area contributed by atoms with Crippen LogP contribution in [0.3, 0.4) is 0 Å². The molecule has 1 heterocycles. The van der Waals surface area contributed by atoms with Crippen LogP contribution in [0.1, 0.15) is 5.56 Å². The molecule has 1 N–H and O–H groups in total. The van der Waals surface area contributed by atoms with Crippen molar-refractivity contribution in [1.29, 1.82) is 0 Å². The Morgan fingerprint density at radius 2 is 1.96 bits per heavy atom. The number of rotatable bonds is 6. The molecule has 1 aliphatic rings. The lowest BCUT2D eigenvalue weighted by atomic mass is 10.2. The van der Waals surface area contributed by atoms with Gasteiger partial charge in [0.2, 0.25) is 15.9 Å². The van der Waals surface area contributed by atoms with Crippen molar-refractivity contribution < 1.29 is 22.7 Å². The average molecular weight is 425 g/mol. The molecule has 150 valence electrons. The standard InChI is InChI=1S/C19H21ClN2O5S/c1-13-9-14(20)7-8-16(13)22(28(2,24)25)11-19(23)21-10-15-12-26-17-5-3-4-6-18(17)27-15/h3-9,15H,10-12H2,1-2H3,(H,21,23)/t15-/m1/s1. The second-order valence-electron chi connectivity index (χ2n) is 6.50. The molecule has 2 aromatic rings. The molecule has 0 spiro atoms. The van der Waals surface area contributed by atoms with Gasteiger partial charge in [-0.3, -0.25) is 9.10 Å². The molecule has 0 saturated carbocycles. The number of anilines is 1. The fourth-order valence-corrected chi connectivity index (χ4v) is 4.00. The molecule has 3 rings (SSSR count). The minimum absolute atomic E-state index is 0.199. The van der Waals surface area contributed by atoms with Gasteiger partial charge in [-0.25, -0.2) is 8.42 Å². The highest BCUT2D eigenvalue weighted by Gasteiger charge is 2.24. The second kappa shape index (κ2) is 8.28. The molecule has 0 radical (unpaired) electrons. The number of fused-ring (bicyclic) bond motifs is 1. The van der Waals surface area contributed by atoms with Gasteiger partial charge < -0.3 is 14.8 Å². The van der Waals surface area contributed by atoms with E-state index in [1.54, 1.807) is 31.2 Å². The van der Waals surface area contributed by atoms with E-state index in [4.69, 9.17) is 21.1 Å². The predicted octanol–water partition coefficient (Wildman–Crippen LogP) is 2.37. The average Bonchev–Trinajstić information content (AvgIpc) is 2.64. The molecule has 9 heteroatoms. The van der Waals surface area contributed by atoms with Gasteiger partial charge in [0, 0.05) is 5.02 Å². The third kappa shape index (κ3) is 4.88. The van der Waals surface area contributed by atoms with E-state index in [0.717, 1.165) is 10.6 Å². The van der Waals surface area contributed by atoms with Crippen molar-refractivity contribution in [2.24, 2.45) is 0 Å². The number of nitrogens with zero attached hydrogens (tertiary/aromatic N) is 1. The van der Waals surface area contributed by atoms with Crippen LogP contribution in [0.5, 0.6) is 11.5 Å². The maximum atomic E-state index is 12.4. The zero-order chi connectivity index (χ0) is 20.3. The number of sulfonamides is 1. The Balaban J connectivity index is 1.63. The molecule has 0 aliphatic carbocycles. The van der Waals surface area contributed by atoms with Crippen molar-refractivity contribution in [1.82, 2.24) is 5.32 Å². The van der Waals surface area contributed by atoms with Gasteiger partial charge in [0.05, 0.1) is 18.5 Å². The summed E-state index contributed by atoms with van der Waals surface area (Å²) in [6, 6.07) is 12.1.